The van der Waals surface area contributed by atoms with Crippen LogP contribution in [-0.4, -0.2) is 8.42 Å². The Balaban J connectivity index is 1.82. The van der Waals surface area contributed by atoms with Gasteiger partial charge in [-0.15, -0.1) is 11.3 Å². The predicted molar refractivity (Wildman–Crippen MR) is 82.3 cm³/mol. The van der Waals surface area contributed by atoms with Crippen molar-refractivity contribution < 1.29 is 12.8 Å². The summed E-state index contributed by atoms with van der Waals surface area (Å²) in [5, 5.41) is 1.07. The number of hydrogen-bond donors (Lipinski definition) is 1. The second-order valence-electron chi connectivity index (χ2n) is 4.51. The fourth-order valence-corrected chi connectivity index (χ4v) is 4.21. The van der Waals surface area contributed by atoms with Gasteiger partial charge in [-0.1, -0.05) is 30.3 Å². The molecule has 0 aliphatic heterocycles. The Hall–Kier alpha value is -1.76. The summed E-state index contributed by atoms with van der Waals surface area (Å²) < 4.78 is 41.3. The molecule has 2 aromatic carbocycles. The van der Waals surface area contributed by atoms with Crippen LogP contribution in [0.25, 0.3) is 10.1 Å². The van der Waals surface area contributed by atoms with Gasteiger partial charge in [-0.3, -0.25) is 0 Å². The van der Waals surface area contributed by atoms with Crippen molar-refractivity contribution in [2.45, 2.75) is 11.4 Å². The average Bonchev–Trinajstić information content (AvgIpc) is 2.88. The van der Waals surface area contributed by atoms with E-state index in [1.807, 2.05) is 30.3 Å². The largest absolute Gasteiger partial charge is 0.243 e. The van der Waals surface area contributed by atoms with Crippen molar-refractivity contribution in [2.75, 3.05) is 0 Å². The summed E-state index contributed by atoms with van der Waals surface area (Å²) in [6.07, 6.45) is 0. The average molecular weight is 321 g/mol. The second kappa shape index (κ2) is 5.55. The smallest absolute Gasteiger partial charge is 0.207 e. The van der Waals surface area contributed by atoms with Crippen LogP contribution in [0.5, 0.6) is 0 Å². The summed E-state index contributed by atoms with van der Waals surface area (Å²) in [5.74, 6) is -0.749. The van der Waals surface area contributed by atoms with Gasteiger partial charge in [-0.2, -0.15) is 0 Å². The fourth-order valence-electron chi connectivity index (χ4n) is 2.03. The van der Waals surface area contributed by atoms with E-state index in [4.69, 9.17) is 0 Å². The van der Waals surface area contributed by atoms with E-state index in [1.165, 1.54) is 29.5 Å². The lowest BCUT2D eigenvalue weighted by Gasteiger charge is -2.06. The van der Waals surface area contributed by atoms with Crippen LogP contribution in [0.3, 0.4) is 0 Å². The molecule has 3 rings (SSSR count). The minimum absolute atomic E-state index is 0.149. The monoisotopic (exact) mass is 321 g/mol. The molecular weight excluding hydrogens is 309 g/mol. The summed E-state index contributed by atoms with van der Waals surface area (Å²) in [7, 11) is -3.84. The molecule has 0 saturated heterocycles. The highest BCUT2D eigenvalue weighted by Gasteiger charge is 2.18. The van der Waals surface area contributed by atoms with E-state index in [0.29, 0.717) is 0 Å². The molecule has 0 aliphatic rings. The van der Waals surface area contributed by atoms with Gasteiger partial charge in [0.05, 0.1) is 0 Å². The van der Waals surface area contributed by atoms with Crippen molar-refractivity contribution in [2.24, 2.45) is 0 Å². The Morgan fingerprint density at radius 2 is 1.76 bits per heavy atom. The first-order valence-electron chi connectivity index (χ1n) is 6.28. The zero-order valence-corrected chi connectivity index (χ0v) is 12.5. The minimum atomic E-state index is -3.84. The quantitative estimate of drug-likeness (QED) is 0.799. The van der Waals surface area contributed by atoms with E-state index < -0.39 is 15.8 Å². The molecule has 0 radical (unpaired) electrons. The Morgan fingerprint density at radius 1 is 1.05 bits per heavy atom. The van der Waals surface area contributed by atoms with E-state index in [-0.39, 0.29) is 11.4 Å². The van der Waals surface area contributed by atoms with Crippen LogP contribution in [0.15, 0.2) is 59.5 Å². The third kappa shape index (κ3) is 2.97. The van der Waals surface area contributed by atoms with Crippen molar-refractivity contribution in [1.82, 2.24) is 4.72 Å². The van der Waals surface area contributed by atoms with Gasteiger partial charge in [0.1, 0.15) is 10.7 Å². The lowest BCUT2D eigenvalue weighted by Crippen LogP contribution is -2.23. The van der Waals surface area contributed by atoms with Gasteiger partial charge in [0.25, 0.3) is 0 Å². The van der Waals surface area contributed by atoms with E-state index in [9.17, 15) is 12.8 Å². The van der Waals surface area contributed by atoms with Crippen molar-refractivity contribution in [3.05, 3.63) is 65.3 Å². The lowest BCUT2D eigenvalue weighted by molar-refractivity contribution is 0.557. The Labute approximate surface area is 126 Å². The Bertz CT molecular complexity index is 854. The molecule has 0 aliphatic carbocycles. The Morgan fingerprint density at radius 3 is 2.52 bits per heavy atom. The molecule has 0 saturated carbocycles. The maximum Gasteiger partial charge on any atom is 0.243 e. The standard InChI is InChI=1S/C15H12FNO2S2/c16-13-6-2-4-8-15(13)21(18,19)17-10-12-9-11-5-1-3-7-14(11)20-12/h1-9,17H,10H2. The molecule has 6 heteroatoms. The maximum atomic E-state index is 13.6. The van der Waals surface area contributed by atoms with Crippen LogP contribution in [0, 0.1) is 5.82 Å². The predicted octanol–water partition coefficient (Wildman–Crippen LogP) is 3.52. The zero-order chi connectivity index (χ0) is 14.9. The van der Waals surface area contributed by atoms with Crippen molar-refractivity contribution >= 4 is 31.4 Å². The molecule has 3 aromatic rings. The van der Waals surface area contributed by atoms with Gasteiger partial charge in [0.15, 0.2) is 0 Å². The van der Waals surface area contributed by atoms with Gasteiger partial charge < -0.3 is 0 Å². The first kappa shape index (κ1) is 14.2. The number of sulfonamides is 1. The molecule has 108 valence electrons. The fraction of sp³-hybridized carbons (Fsp3) is 0.0667. The van der Waals surface area contributed by atoms with Gasteiger partial charge in [-0.05, 0) is 29.7 Å². The Kier molecular flexibility index (Phi) is 3.75. The SMILES string of the molecule is O=S(=O)(NCc1cc2ccccc2s1)c1ccccc1F. The zero-order valence-electron chi connectivity index (χ0n) is 10.9. The van der Waals surface area contributed by atoms with Crippen molar-refractivity contribution in [3.8, 4) is 0 Å². The summed E-state index contributed by atoms with van der Waals surface area (Å²) in [5.41, 5.74) is 0. The third-order valence-electron chi connectivity index (χ3n) is 3.04. The molecule has 0 spiro atoms. The van der Waals surface area contributed by atoms with Gasteiger partial charge >= 0.3 is 0 Å². The molecule has 0 atom stereocenters. The molecule has 0 unspecified atom stereocenters. The van der Waals surface area contributed by atoms with Gasteiger partial charge in [-0.25, -0.2) is 17.5 Å². The molecule has 1 N–H and O–H groups in total. The highest BCUT2D eigenvalue weighted by Crippen LogP contribution is 2.25. The van der Waals surface area contributed by atoms with Crippen LogP contribution in [0.1, 0.15) is 4.88 Å². The normalized spacial score (nSPS) is 11.9. The topological polar surface area (TPSA) is 46.2 Å². The van der Waals surface area contributed by atoms with Gasteiger partial charge in [0, 0.05) is 16.1 Å². The number of benzene rings is 2. The molecule has 0 amide bonds. The molecule has 0 bridgehead atoms. The van der Waals surface area contributed by atoms with Crippen LogP contribution in [-0.2, 0) is 16.6 Å². The lowest BCUT2D eigenvalue weighted by atomic mass is 10.2. The number of nitrogens with one attached hydrogen (secondary N) is 1. The summed E-state index contributed by atoms with van der Waals surface area (Å²) in [6.45, 7) is 0.149. The van der Waals surface area contributed by atoms with Crippen LogP contribution in [0.2, 0.25) is 0 Å². The minimum Gasteiger partial charge on any atom is -0.207 e. The summed E-state index contributed by atoms with van der Waals surface area (Å²) >= 11 is 1.52. The molecule has 3 nitrogen and oxygen atoms in total. The van der Waals surface area contributed by atoms with E-state index in [0.717, 1.165) is 21.0 Å². The van der Waals surface area contributed by atoms with Crippen LogP contribution >= 0.6 is 11.3 Å². The van der Waals surface area contributed by atoms with Crippen LogP contribution in [0.4, 0.5) is 4.39 Å². The van der Waals surface area contributed by atoms with E-state index in [2.05, 4.69) is 4.72 Å². The van der Waals surface area contributed by atoms with E-state index >= 15 is 0 Å². The highest BCUT2D eigenvalue weighted by atomic mass is 32.2. The second-order valence-corrected chi connectivity index (χ2v) is 7.41. The molecule has 0 fully saturated rings. The van der Waals surface area contributed by atoms with Crippen LogP contribution < -0.4 is 4.72 Å². The van der Waals surface area contributed by atoms with Crippen molar-refractivity contribution in [3.63, 3.8) is 0 Å². The first-order valence-corrected chi connectivity index (χ1v) is 8.58. The number of hydrogen-bond acceptors (Lipinski definition) is 3. The number of thiophene rings is 1. The first-order chi connectivity index (χ1) is 10.1. The summed E-state index contributed by atoms with van der Waals surface area (Å²) in [4.78, 5) is 0.558. The number of rotatable bonds is 4. The highest BCUT2D eigenvalue weighted by molar-refractivity contribution is 7.89. The molecular formula is C15H12FNO2S2. The van der Waals surface area contributed by atoms with Crippen molar-refractivity contribution in [1.29, 1.82) is 0 Å². The van der Waals surface area contributed by atoms with E-state index in [1.54, 1.807) is 0 Å². The van der Waals surface area contributed by atoms with Gasteiger partial charge in [0.2, 0.25) is 10.0 Å². The maximum absolute atomic E-state index is 13.6. The summed E-state index contributed by atoms with van der Waals surface area (Å²) in [6, 6.07) is 15.1. The number of halogens is 1. The molecule has 21 heavy (non-hydrogen) atoms. The molecule has 1 aromatic heterocycles. The third-order valence-corrected chi connectivity index (χ3v) is 5.59. The molecule has 1 heterocycles. The number of fused-ring (bicyclic) bond motifs is 1.